The van der Waals surface area contributed by atoms with Crippen LogP contribution >= 0.6 is 0 Å². The van der Waals surface area contributed by atoms with E-state index < -0.39 is 0 Å². The lowest BCUT2D eigenvalue weighted by molar-refractivity contribution is 0.0535. The summed E-state index contributed by atoms with van der Waals surface area (Å²) in [5, 5.41) is 0. The molecule has 2 saturated heterocycles. The molecule has 0 saturated carbocycles. The van der Waals surface area contributed by atoms with Crippen molar-refractivity contribution >= 4 is 5.69 Å². The molecule has 2 heterocycles. The number of benzene rings is 1. The van der Waals surface area contributed by atoms with Gasteiger partial charge in [0.25, 0.3) is 0 Å². The Bertz CT molecular complexity index is 477. The van der Waals surface area contributed by atoms with Crippen LogP contribution in [-0.4, -0.2) is 48.6 Å². The highest BCUT2D eigenvalue weighted by Crippen LogP contribution is 2.28. The number of rotatable bonds is 3. The van der Waals surface area contributed by atoms with Crippen LogP contribution in [-0.2, 0) is 6.54 Å². The molecule has 2 aliphatic rings. The van der Waals surface area contributed by atoms with E-state index in [9.17, 15) is 0 Å². The Balaban J connectivity index is 1.73. The summed E-state index contributed by atoms with van der Waals surface area (Å²) in [6.45, 7) is 6.94. The summed E-state index contributed by atoms with van der Waals surface area (Å²) in [7, 11) is 1.72. The lowest BCUT2D eigenvalue weighted by Crippen LogP contribution is -2.54. The molecule has 4 nitrogen and oxygen atoms in total. The Labute approximate surface area is 121 Å². The van der Waals surface area contributed by atoms with E-state index in [-0.39, 0.29) is 0 Å². The summed E-state index contributed by atoms with van der Waals surface area (Å²) in [5.74, 6) is 0.908. The van der Waals surface area contributed by atoms with Crippen LogP contribution in [0.5, 0.6) is 5.75 Å². The first-order valence-electron chi connectivity index (χ1n) is 7.58. The number of piperazine rings is 1. The first kappa shape index (κ1) is 13.7. The smallest absolute Gasteiger partial charge is 0.125 e. The molecule has 2 unspecified atom stereocenters. The van der Waals surface area contributed by atoms with E-state index in [1.807, 2.05) is 12.1 Å². The fraction of sp³-hybridized carbons (Fsp3) is 0.625. The van der Waals surface area contributed by atoms with Crippen LogP contribution in [0.1, 0.15) is 25.3 Å². The molecule has 20 heavy (non-hydrogen) atoms. The Morgan fingerprint density at radius 1 is 1.35 bits per heavy atom. The van der Waals surface area contributed by atoms with E-state index >= 15 is 0 Å². The Hall–Kier alpha value is -1.26. The molecule has 110 valence electrons. The number of ether oxygens (including phenoxy) is 1. The van der Waals surface area contributed by atoms with Crippen LogP contribution in [0, 0.1) is 0 Å². The highest BCUT2D eigenvalue weighted by atomic mass is 16.5. The SMILES string of the molecule is COc1cc(N)ccc1CN1CC2CCCN2CC1C. The molecule has 2 aliphatic heterocycles. The van der Waals surface area contributed by atoms with E-state index in [0.29, 0.717) is 6.04 Å². The van der Waals surface area contributed by atoms with Gasteiger partial charge in [-0.3, -0.25) is 9.80 Å². The van der Waals surface area contributed by atoms with Crippen LogP contribution in [0.4, 0.5) is 5.69 Å². The van der Waals surface area contributed by atoms with Crippen LogP contribution in [0.3, 0.4) is 0 Å². The Kier molecular flexibility index (Phi) is 3.85. The minimum Gasteiger partial charge on any atom is -0.496 e. The zero-order valence-electron chi connectivity index (χ0n) is 12.5. The van der Waals surface area contributed by atoms with Gasteiger partial charge in [0.05, 0.1) is 7.11 Å². The number of hydrogen-bond donors (Lipinski definition) is 1. The maximum atomic E-state index is 5.83. The first-order chi connectivity index (χ1) is 9.67. The van der Waals surface area contributed by atoms with Gasteiger partial charge < -0.3 is 10.5 Å². The summed E-state index contributed by atoms with van der Waals surface area (Å²) < 4.78 is 5.47. The molecular formula is C16H25N3O. The van der Waals surface area contributed by atoms with Gasteiger partial charge in [-0.15, -0.1) is 0 Å². The Morgan fingerprint density at radius 2 is 2.20 bits per heavy atom. The third-order valence-electron chi connectivity index (χ3n) is 4.75. The molecule has 2 atom stereocenters. The van der Waals surface area contributed by atoms with Gasteiger partial charge in [-0.1, -0.05) is 6.07 Å². The van der Waals surface area contributed by atoms with E-state index in [2.05, 4.69) is 22.8 Å². The highest BCUT2D eigenvalue weighted by molar-refractivity contribution is 5.48. The quantitative estimate of drug-likeness (QED) is 0.856. The van der Waals surface area contributed by atoms with Crippen molar-refractivity contribution in [1.29, 1.82) is 0 Å². The summed E-state index contributed by atoms with van der Waals surface area (Å²) >= 11 is 0. The number of anilines is 1. The molecule has 4 heteroatoms. The van der Waals surface area contributed by atoms with Crippen molar-refractivity contribution in [2.45, 2.75) is 38.4 Å². The number of methoxy groups -OCH3 is 1. The van der Waals surface area contributed by atoms with Crippen molar-refractivity contribution in [2.75, 3.05) is 32.5 Å². The largest absolute Gasteiger partial charge is 0.496 e. The molecule has 0 bridgehead atoms. The zero-order chi connectivity index (χ0) is 14.1. The van der Waals surface area contributed by atoms with Crippen LogP contribution in [0.25, 0.3) is 0 Å². The minimum atomic E-state index is 0.603. The standard InChI is InChI=1S/C16H25N3O/c1-12-9-18-7-3-4-15(18)11-19(12)10-13-5-6-14(17)8-16(13)20-2/h5-6,8,12,15H,3-4,7,9-11,17H2,1-2H3. The molecule has 1 aromatic rings. The summed E-state index contributed by atoms with van der Waals surface area (Å²) in [5.41, 5.74) is 7.83. The monoisotopic (exact) mass is 275 g/mol. The van der Waals surface area contributed by atoms with Gasteiger partial charge in [-0.05, 0) is 32.4 Å². The molecule has 2 fully saturated rings. The van der Waals surface area contributed by atoms with E-state index in [1.54, 1.807) is 7.11 Å². The second kappa shape index (κ2) is 5.62. The molecule has 0 aliphatic carbocycles. The Morgan fingerprint density at radius 3 is 3.00 bits per heavy atom. The van der Waals surface area contributed by atoms with Gasteiger partial charge in [0.1, 0.15) is 5.75 Å². The second-order valence-electron chi connectivity index (χ2n) is 6.14. The van der Waals surface area contributed by atoms with Crippen molar-refractivity contribution in [3.8, 4) is 5.75 Å². The van der Waals surface area contributed by atoms with Gasteiger partial charge in [0.2, 0.25) is 0 Å². The predicted octanol–water partition coefficient (Wildman–Crippen LogP) is 1.95. The van der Waals surface area contributed by atoms with Gasteiger partial charge in [0.15, 0.2) is 0 Å². The minimum absolute atomic E-state index is 0.603. The van der Waals surface area contributed by atoms with Crippen LogP contribution < -0.4 is 10.5 Å². The summed E-state index contributed by atoms with van der Waals surface area (Å²) in [4.78, 5) is 5.24. The van der Waals surface area contributed by atoms with Crippen molar-refractivity contribution in [1.82, 2.24) is 9.80 Å². The molecule has 0 aromatic heterocycles. The molecule has 0 amide bonds. The molecular weight excluding hydrogens is 250 g/mol. The molecule has 3 rings (SSSR count). The fourth-order valence-corrected chi connectivity index (χ4v) is 3.58. The third kappa shape index (κ3) is 2.63. The maximum Gasteiger partial charge on any atom is 0.125 e. The summed E-state index contributed by atoms with van der Waals surface area (Å²) in [6, 6.07) is 7.35. The second-order valence-corrected chi connectivity index (χ2v) is 6.14. The van der Waals surface area contributed by atoms with Crippen molar-refractivity contribution in [2.24, 2.45) is 0 Å². The number of nitrogens with zero attached hydrogens (tertiary/aromatic N) is 2. The molecule has 0 spiro atoms. The number of nitrogen functional groups attached to an aromatic ring is 1. The number of hydrogen-bond acceptors (Lipinski definition) is 4. The van der Waals surface area contributed by atoms with Crippen LogP contribution in [0.15, 0.2) is 18.2 Å². The predicted molar refractivity (Wildman–Crippen MR) is 81.9 cm³/mol. The van der Waals surface area contributed by atoms with Gasteiger partial charge in [-0.25, -0.2) is 0 Å². The van der Waals surface area contributed by atoms with Crippen molar-refractivity contribution in [3.63, 3.8) is 0 Å². The van der Waals surface area contributed by atoms with Crippen LogP contribution in [0.2, 0.25) is 0 Å². The number of nitrogens with two attached hydrogens (primary N) is 1. The van der Waals surface area contributed by atoms with Gasteiger partial charge in [0, 0.05) is 49.0 Å². The van der Waals surface area contributed by atoms with Gasteiger partial charge >= 0.3 is 0 Å². The van der Waals surface area contributed by atoms with E-state index in [4.69, 9.17) is 10.5 Å². The lowest BCUT2D eigenvalue weighted by atomic mass is 10.1. The topological polar surface area (TPSA) is 41.7 Å². The molecule has 1 aromatic carbocycles. The average molecular weight is 275 g/mol. The summed E-state index contributed by atoms with van der Waals surface area (Å²) in [6.07, 6.45) is 2.71. The average Bonchev–Trinajstić information content (AvgIpc) is 2.88. The fourth-order valence-electron chi connectivity index (χ4n) is 3.58. The molecule has 2 N–H and O–H groups in total. The highest BCUT2D eigenvalue weighted by Gasteiger charge is 2.34. The van der Waals surface area contributed by atoms with Crippen molar-refractivity contribution in [3.05, 3.63) is 23.8 Å². The van der Waals surface area contributed by atoms with E-state index in [0.717, 1.165) is 24.0 Å². The van der Waals surface area contributed by atoms with Crippen molar-refractivity contribution < 1.29 is 4.74 Å². The number of fused-ring (bicyclic) bond motifs is 1. The normalized spacial score (nSPS) is 27.5. The van der Waals surface area contributed by atoms with E-state index in [1.165, 1.54) is 38.0 Å². The third-order valence-corrected chi connectivity index (χ3v) is 4.75. The molecule has 0 radical (unpaired) electrons. The maximum absolute atomic E-state index is 5.83. The lowest BCUT2D eigenvalue weighted by Gasteiger charge is -2.42. The zero-order valence-corrected chi connectivity index (χ0v) is 12.5. The van der Waals surface area contributed by atoms with Gasteiger partial charge in [-0.2, -0.15) is 0 Å². The first-order valence-corrected chi connectivity index (χ1v) is 7.58.